The van der Waals surface area contributed by atoms with Gasteiger partial charge in [0, 0.05) is 18.8 Å². The van der Waals surface area contributed by atoms with Crippen molar-refractivity contribution >= 4 is 9.84 Å². The highest BCUT2D eigenvalue weighted by Crippen LogP contribution is 2.15. The number of rotatable bonds is 8. The average Bonchev–Trinajstić information content (AvgIpc) is 2.13. The van der Waals surface area contributed by atoms with Gasteiger partial charge in [0.25, 0.3) is 0 Å². The molecule has 0 aliphatic rings. The van der Waals surface area contributed by atoms with Crippen molar-refractivity contribution in [1.29, 1.82) is 0 Å². The van der Waals surface area contributed by atoms with E-state index in [1.54, 1.807) is 13.8 Å². The van der Waals surface area contributed by atoms with Crippen LogP contribution in [0.15, 0.2) is 0 Å². The predicted molar refractivity (Wildman–Crippen MR) is 70.5 cm³/mol. The molecule has 4 heteroatoms. The molecule has 0 aliphatic carbocycles. The summed E-state index contributed by atoms with van der Waals surface area (Å²) in [6.07, 6.45) is 5.82. The Morgan fingerprint density at radius 1 is 1.12 bits per heavy atom. The third-order valence-corrected chi connectivity index (χ3v) is 5.25. The molecule has 16 heavy (non-hydrogen) atoms. The topological polar surface area (TPSA) is 46.2 Å². The minimum Gasteiger partial charge on any atom is -0.312 e. The van der Waals surface area contributed by atoms with Crippen molar-refractivity contribution in [3.63, 3.8) is 0 Å². The minimum absolute atomic E-state index is 0.455. The van der Waals surface area contributed by atoms with Gasteiger partial charge in [0.05, 0.1) is 4.75 Å². The smallest absolute Gasteiger partial charge is 0.153 e. The molecule has 0 aromatic heterocycles. The first-order chi connectivity index (χ1) is 7.24. The largest absolute Gasteiger partial charge is 0.312 e. The van der Waals surface area contributed by atoms with E-state index in [1.807, 2.05) is 0 Å². The number of hydrogen-bond donors (Lipinski definition) is 1. The van der Waals surface area contributed by atoms with Crippen molar-refractivity contribution in [2.45, 2.75) is 64.2 Å². The van der Waals surface area contributed by atoms with Crippen LogP contribution in [0, 0.1) is 0 Å². The van der Waals surface area contributed by atoms with Gasteiger partial charge in [0.1, 0.15) is 0 Å². The fourth-order valence-corrected chi connectivity index (χ4v) is 1.91. The Hall–Kier alpha value is -0.0900. The Balaban J connectivity index is 4.29. The summed E-state index contributed by atoms with van der Waals surface area (Å²) in [5.74, 6) is 0. The van der Waals surface area contributed by atoms with Crippen LogP contribution in [0.3, 0.4) is 0 Å². The van der Waals surface area contributed by atoms with Crippen LogP contribution in [0.2, 0.25) is 0 Å². The molecule has 0 radical (unpaired) electrons. The van der Waals surface area contributed by atoms with Gasteiger partial charge >= 0.3 is 0 Å². The Morgan fingerprint density at radius 3 is 1.88 bits per heavy atom. The van der Waals surface area contributed by atoms with E-state index >= 15 is 0 Å². The zero-order chi connectivity index (χ0) is 12.8. The van der Waals surface area contributed by atoms with Crippen molar-refractivity contribution in [3.05, 3.63) is 0 Å². The summed E-state index contributed by atoms with van der Waals surface area (Å²) < 4.78 is 22.4. The third kappa shape index (κ3) is 5.30. The summed E-state index contributed by atoms with van der Waals surface area (Å²) in [6.45, 7) is 8.42. The summed E-state index contributed by atoms with van der Waals surface area (Å²) in [4.78, 5) is 0. The zero-order valence-corrected chi connectivity index (χ0v) is 12.2. The van der Waals surface area contributed by atoms with Crippen molar-refractivity contribution in [3.8, 4) is 0 Å². The standard InChI is InChI=1S/C12H27NO2S/c1-6-8-11(9-7-2)13-10-12(3,4)16(5,14)15/h11,13H,6-10H2,1-5H3. The predicted octanol–water partition coefficient (Wildman–Crippen LogP) is 2.37. The SMILES string of the molecule is CCCC(CCC)NCC(C)(C)S(C)(=O)=O. The highest BCUT2D eigenvalue weighted by molar-refractivity contribution is 7.92. The maximum absolute atomic E-state index is 11.5. The van der Waals surface area contributed by atoms with Gasteiger partial charge in [-0.05, 0) is 26.7 Å². The lowest BCUT2D eigenvalue weighted by Crippen LogP contribution is -2.45. The summed E-state index contributed by atoms with van der Waals surface area (Å²) >= 11 is 0. The van der Waals surface area contributed by atoms with Crippen LogP contribution in [0.4, 0.5) is 0 Å². The van der Waals surface area contributed by atoms with Crippen molar-refractivity contribution in [2.75, 3.05) is 12.8 Å². The monoisotopic (exact) mass is 249 g/mol. The molecule has 0 unspecified atom stereocenters. The van der Waals surface area contributed by atoms with Gasteiger partial charge in [-0.25, -0.2) is 8.42 Å². The fourth-order valence-electron chi connectivity index (χ4n) is 1.57. The molecule has 98 valence electrons. The van der Waals surface area contributed by atoms with Crippen LogP contribution in [0.1, 0.15) is 53.4 Å². The lowest BCUT2D eigenvalue weighted by Gasteiger charge is -2.26. The first-order valence-electron chi connectivity index (χ1n) is 6.17. The van der Waals surface area contributed by atoms with E-state index in [4.69, 9.17) is 0 Å². The van der Waals surface area contributed by atoms with Crippen molar-refractivity contribution < 1.29 is 8.42 Å². The maximum atomic E-state index is 11.5. The van der Waals surface area contributed by atoms with Gasteiger partial charge in [0.2, 0.25) is 0 Å². The first-order valence-corrected chi connectivity index (χ1v) is 8.06. The maximum Gasteiger partial charge on any atom is 0.153 e. The molecule has 0 spiro atoms. The summed E-state index contributed by atoms with van der Waals surface area (Å²) in [5, 5.41) is 3.39. The average molecular weight is 249 g/mol. The normalized spacial score (nSPS) is 13.4. The fraction of sp³-hybridized carbons (Fsp3) is 1.00. The molecule has 0 amide bonds. The molecule has 0 aliphatic heterocycles. The quantitative estimate of drug-likeness (QED) is 0.718. The number of nitrogens with one attached hydrogen (secondary N) is 1. The lowest BCUT2D eigenvalue weighted by atomic mass is 10.1. The van der Waals surface area contributed by atoms with Gasteiger partial charge in [-0.1, -0.05) is 26.7 Å². The van der Waals surface area contributed by atoms with Gasteiger partial charge < -0.3 is 5.32 Å². The molecule has 0 bridgehead atoms. The molecule has 0 aromatic carbocycles. The Labute approximate surface area is 101 Å². The van der Waals surface area contributed by atoms with E-state index in [-0.39, 0.29) is 0 Å². The van der Waals surface area contributed by atoms with Gasteiger partial charge in [-0.15, -0.1) is 0 Å². The van der Waals surface area contributed by atoms with Gasteiger partial charge in [0.15, 0.2) is 9.84 Å². The molecule has 0 saturated heterocycles. The van der Waals surface area contributed by atoms with Crippen LogP contribution < -0.4 is 5.32 Å². The van der Waals surface area contributed by atoms with Gasteiger partial charge in [-0.3, -0.25) is 0 Å². The van der Waals surface area contributed by atoms with E-state index < -0.39 is 14.6 Å². The molecule has 0 atom stereocenters. The van der Waals surface area contributed by atoms with E-state index in [1.165, 1.54) is 6.26 Å². The van der Waals surface area contributed by atoms with Crippen LogP contribution in [0.25, 0.3) is 0 Å². The lowest BCUT2D eigenvalue weighted by molar-refractivity contribution is 0.417. The zero-order valence-electron chi connectivity index (χ0n) is 11.3. The van der Waals surface area contributed by atoms with Crippen LogP contribution in [-0.4, -0.2) is 32.0 Å². The van der Waals surface area contributed by atoms with Crippen molar-refractivity contribution in [1.82, 2.24) is 5.32 Å². The Morgan fingerprint density at radius 2 is 1.56 bits per heavy atom. The second-order valence-corrected chi connectivity index (χ2v) is 7.84. The van der Waals surface area contributed by atoms with E-state index in [0.29, 0.717) is 12.6 Å². The molecular formula is C12H27NO2S. The van der Waals surface area contributed by atoms with E-state index in [0.717, 1.165) is 25.7 Å². The molecule has 0 rings (SSSR count). The second kappa shape index (κ2) is 6.60. The summed E-state index contributed by atoms with van der Waals surface area (Å²) in [6, 6.07) is 0.455. The third-order valence-electron chi connectivity index (χ3n) is 3.09. The van der Waals surface area contributed by atoms with Crippen LogP contribution in [-0.2, 0) is 9.84 Å². The highest BCUT2D eigenvalue weighted by atomic mass is 32.2. The highest BCUT2D eigenvalue weighted by Gasteiger charge is 2.30. The second-order valence-electron chi connectivity index (χ2n) is 5.19. The molecular weight excluding hydrogens is 222 g/mol. The van der Waals surface area contributed by atoms with E-state index in [2.05, 4.69) is 19.2 Å². The summed E-state index contributed by atoms with van der Waals surface area (Å²) in [7, 11) is -2.99. The summed E-state index contributed by atoms with van der Waals surface area (Å²) in [5.41, 5.74) is 0. The molecule has 3 nitrogen and oxygen atoms in total. The van der Waals surface area contributed by atoms with Crippen LogP contribution in [0.5, 0.6) is 0 Å². The molecule has 1 N–H and O–H groups in total. The molecule has 0 saturated carbocycles. The van der Waals surface area contributed by atoms with Crippen molar-refractivity contribution in [2.24, 2.45) is 0 Å². The van der Waals surface area contributed by atoms with Crippen LogP contribution >= 0.6 is 0 Å². The minimum atomic E-state index is -2.99. The molecule has 0 aromatic rings. The molecule has 0 fully saturated rings. The van der Waals surface area contributed by atoms with Gasteiger partial charge in [-0.2, -0.15) is 0 Å². The number of sulfone groups is 1. The Kier molecular flexibility index (Phi) is 6.56. The molecule has 0 heterocycles. The Bertz CT molecular complexity index is 277. The first kappa shape index (κ1) is 15.9. The number of hydrogen-bond acceptors (Lipinski definition) is 3. The van der Waals surface area contributed by atoms with E-state index in [9.17, 15) is 8.42 Å².